The van der Waals surface area contributed by atoms with Gasteiger partial charge in [0.1, 0.15) is 5.82 Å². The molecule has 0 amide bonds. The topological polar surface area (TPSA) is 48.8 Å². The molecule has 1 aromatic carbocycles. The van der Waals surface area contributed by atoms with Crippen molar-refractivity contribution in [3.8, 4) is 0 Å². The van der Waals surface area contributed by atoms with E-state index in [1.54, 1.807) is 6.20 Å². The Balaban J connectivity index is 2.29. The zero-order chi connectivity index (χ0) is 15.9. The summed E-state index contributed by atoms with van der Waals surface area (Å²) in [5, 5.41) is 12.0. The van der Waals surface area contributed by atoms with Gasteiger partial charge < -0.3 is 5.32 Å². The number of nitrogens with zero attached hydrogens (tertiary/aromatic N) is 1. The van der Waals surface area contributed by atoms with Gasteiger partial charge in [-0.2, -0.15) is 0 Å². The minimum Gasteiger partial charge on any atom is -0.367 e. The van der Waals surface area contributed by atoms with E-state index in [9.17, 15) is 0 Å². The van der Waals surface area contributed by atoms with Gasteiger partial charge in [0.2, 0.25) is 0 Å². The van der Waals surface area contributed by atoms with Crippen molar-refractivity contribution >= 4 is 11.5 Å². The van der Waals surface area contributed by atoms with Gasteiger partial charge in [0, 0.05) is 23.4 Å². The molecular weight excluding hydrogens is 270 g/mol. The van der Waals surface area contributed by atoms with Crippen LogP contribution in [0.25, 0.3) is 0 Å². The van der Waals surface area contributed by atoms with E-state index in [2.05, 4.69) is 24.1 Å². The number of pyridine rings is 1. The molecule has 1 unspecified atom stereocenters. The summed E-state index contributed by atoms with van der Waals surface area (Å²) in [5.74, 6) is 0.814. The molecule has 0 radical (unpaired) electrons. The third-order valence-electron chi connectivity index (χ3n) is 3.85. The summed E-state index contributed by atoms with van der Waals surface area (Å²) < 4.78 is 0. The van der Waals surface area contributed by atoms with E-state index in [-0.39, 0.29) is 0 Å². The minimum absolute atomic E-state index is 0.406. The van der Waals surface area contributed by atoms with Gasteiger partial charge in [-0.15, -0.1) is 0 Å². The Morgan fingerprint density at radius 1 is 1.23 bits per heavy atom. The highest BCUT2D eigenvalue weighted by molar-refractivity contribution is 6.13. The van der Waals surface area contributed by atoms with E-state index in [0.717, 1.165) is 41.8 Å². The van der Waals surface area contributed by atoms with E-state index < -0.39 is 0 Å². The molecule has 1 aromatic heterocycles. The average molecular weight is 295 g/mol. The van der Waals surface area contributed by atoms with E-state index >= 15 is 0 Å². The fourth-order valence-electron chi connectivity index (χ4n) is 2.60. The molecule has 22 heavy (non-hydrogen) atoms. The van der Waals surface area contributed by atoms with Gasteiger partial charge >= 0.3 is 0 Å². The molecule has 0 fully saturated rings. The SMILES string of the molecule is CCCC(CC)Nc1ncccc1C(=N)c1cccc(C)c1. The number of aryl methyl sites for hydroxylation is 1. The second kappa shape index (κ2) is 7.74. The largest absolute Gasteiger partial charge is 0.367 e. The van der Waals surface area contributed by atoms with Crippen LogP contribution in [0.3, 0.4) is 0 Å². The zero-order valence-electron chi connectivity index (χ0n) is 13.7. The summed E-state index contributed by atoms with van der Waals surface area (Å²) in [6, 6.07) is 12.3. The standard InChI is InChI=1S/C19H25N3/c1-4-8-16(5-2)22-19-17(11-7-12-21-19)18(20)15-10-6-9-14(3)13-15/h6-7,9-13,16,20H,4-5,8H2,1-3H3,(H,21,22). The van der Waals surface area contributed by atoms with Crippen molar-refractivity contribution in [3.05, 3.63) is 59.3 Å². The Kier molecular flexibility index (Phi) is 5.70. The number of hydrogen-bond acceptors (Lipinski definition) is 3. The first-order chi connectivity index (χ1) is 10.7. The molecule has 2 N–H and O–H groups in total. The van der Waals surface area contributed by atoms with Crippen molar-refractivity contribution in [2.24, 2.45) is 0 Å². The molecule has 3 heteroatoms. The monoisotopic (exact) mass is 295 g/mol. The third-order valence-corrected chi connectivity index (χ3v) is 3.85. The van der Waals surface area contributed by atoms with Crippen LogP contribution in [-0.4, -0.2) is 16.7 Å². The average Bonchev–Trinajstić information content (AvgIpc) is 2.54. The first kappa shape index (κ1) is 16.2. The lowest BCUT2D eigenvalue weighted by Gasteiger charge is -2.19. The van der Waals surface area contributed by atoms with E-state index in [0.29, 0.717) is 11.8 Å². The molecule has 0 spiro atoms. The van der Waals surface area contributed by atoms with Crippen LogP contribution < -0.4 is 5.32 Å². The number of anilines is 1. The highest BCUT2D eigenvalue weighted by Crippen LogP contribution is 2.20. The van der Waals surface area contributed by atoms with Crippen LogP contribution in [0.2, 0.25) is 0 Å². The molecule has 0 saturated carbocycles. The summed E-state index contributed by atoms with van der Waals surface area (Å²) in [4.78, 5) is 4.47. The Hall–Kier alpha value is -2.16. The van der Waals surface area contributed by atoms with E-state index in [1.165, 1.54) is 0 Å². The van der Waals surface area contributed by atoms with Crippen LogP contribution in [-0.2, 0) is 0 Å². The lowest BCUT2D eigenvalue weighted by molar-refractivity contribution is 0.620. The lowest BCUT2D eigenvalue weighted by atomic mass is 10.0. The Labute approximate surface area is 133 Å². The molecule has 2 aromatic rings. The second-order valence-electron chi connectivity index (χ2n) is 5.68. The molecule has 1 heterocycles. The summed E-state index contributed by atoms with van der Waals surface area (Å²) in [5.41, 5.74) is 3.48. The van der Waals surface area contributed by atoms with Crippen LogP contribution in [0.5, 0.6) is 0 Å². The van der Waals surface area contributed by atoms with Crippen molar-refractivity contribution in [2.45, 2.75) is 46.1 Å². The highest BCUT2D eigenvalue weighted by Gasteiger charge is 2.13. The predicted molar refractivity (Wildman–Crippen MR) is 94.0 cm³/mol. The fraction of sp³-hybridized carbons (Fsp3) is 0.368. The summed E-state index contributed by atoms with van der Waals surface area (Å²) in [6.07, 6.45) is 5.10. The Morgan fingerprint density at radius 2 is 2.05 bits per heavy atom. The number of hydrogen-bond donors (Lipinski definition) is 2. The van der Waals surface area contributed by atoms with Crippen LogP contribution >= 0.6 is 0 Å². The van der Waals surface area contributed by atoms with Crippen LogP contribution in [0.4, 0.5) is 5.82 Å². The first-order valence-electron chi connectivity index (χ1n) is 8.03. The molecule has 1 atom stereocenters. The van der Waals surface area contributed by atoms with Gasteiger partial charge in [0.05, 0.1) is 5.71 Å². The maximum atomic E-state index is 8.53. The van der Waals surface area contributed by atoms with E-state index in [4.69, 9.17) is 5.41 Å². The molecule has 0 aliphatic carbocycles. The predicted octanol–water partition coefficient (Wildman–Crippen LogP) is 4.80. The van der Waals surface area contributed by atoms with Crippen molar-refractivity contribution in [1.82, 2.24) is 4.98 Å². The second-order valence-corrected chi connectivity index (χ2v) is 5.68. The molecule has 0 saturated heterocycles. The maximum Gasteiger partial charge on any atom is 0.135 e. The van der Waals surface area contributed by atoms with Gasteiger partial charge in [-0.1, -0.05) is 44.0 Å². The first-order valence-corrected chi connectivity index (χ1v) is 8.03. The van der Waals surface area contributed by atoms with Gasteiger partial charge in [-0.05, 0) is 38.0 Å². The van der Waals surface area contributed by atoms with E-state index in [1.807, 2.05) is 43.3 Å². The van der Waals surface area contributed by atoms with Gasteiger partial charge in [-0.3, -0.25) is 5.41 Å². The number of nitrogens with one attached hydrogen (secondary N) is 2. The Morgan fingerprint density at radius 3 is 2.73 bits per heavy atom. The smallest absolute Gasteiger partial charge is 0.135 e. The zero-order valence-corrected chi connectivity index (χ0v) is 13.7. The van der Waals surface area contributed by atoms with Crippen LogP contribution in [0.15, 0.2) is 42.6 Å². The number of aromatic nitrogens is 1. The molecule has 116 valence electrons. The summed E-state index contributed by atoms with van der Waals surface area (Å²) in [6.45, 7) is 6.42. The minimum atomic E-state index is 0.406. The molecule has 3 nitrogen and oxygen atoms in total. The van der Waals surface area contributed by atoms with Gasteiger partial charge in [-0.25, -0.2) is 4.98 Å². The van der Waals surface area contributed by atoms with Crippen molar-refractivity contribution in [2.75, 3.05) is 5.32 Å². The van der Waals surface area contributed by atoms with Crippen molar-refractivity contribution in [1.29, 1.82) is 5.41 Å². The van der Waals surface area contributed by atoms with Gasteiger partial charge in [0.25, 0.3) is 0 Å². The third kappa shape index (κ3) is 3.94. The fourth-order valence-corrected chi connectivity index (χ4v) is 2.60. The summed E-state index contributed by atoms with van der Waals surface area (Å²) in [7, 11) is 0. The number of benzene rings is 1. The quantitative estimate of drug-likeness (QED) is 0.721. The van der Waals surface area contributed by atoms with Crippen molar-refractivity contribution in [3.63, 3.8) is 0 Å². The summed E-state index contributed by atoms with van der Waals surface area (Å²) >= 11 is 0. The molecule has 0 bridgehead atoms. The Bertz CT molecular complexity index is 634. The normalized spacial score (nSPS) is 12.0. The highest BCUT2D eigenvalue weighted by atomic mass is 15.0. The van der Waals surface area contributed by atoms with Crippen molar-refractivity contribution < 1.29 is 0 Å². The number of rotatable bonds is 7. The van der Waals surface area contributed by atoms with Crippen LogP contribution in [0.1, 0.15) is 49.8 Å². The molecule has 2 rings (SSSR count). The molecule has 0 aliphatic heterocycles. The van der Waals surface area contributed by atoms with Crippen LogP contribution in [0, 0.1) is 12.3 Å². The maximum absolute atomic E-state index is 8.53. The lowest BCUT2D eigenvalue weighted by Crippen LogP contribution is -2.21. The van der Waals surface area contributed by atoms with Gasteiger partial charge in [0.15, 0.2) is 0 Å². The molecule has 0 aliphatic rings. The molecular formula is C19H25N3.